The molecule has 0 radical (unpaired) electrons. The molecule has 1 saturated carbocycles. The standard InChI is InChI=1S/C32H43N7O/c1-21-30-26-16-28(25-4-2-3-5-29(25)40)35-36-31(26)34-27(30)10-15-39(21)24-17-32(18-24)19-38(20-32)23-8-13-37(14-9-23)22-6-11-33-12-7-22/h2-5,16,21-24,33,40H,6-15,17-20H2,1H3,(H,34,36)/t21-/m1/s1. The van der Waals surface area contributed by atoms with E-state index in [1.165, 1.54) is 89.1 Å². The summed E-state index contributed by atoms with van der Waals surface area (Å²) in [5.41, 5.74) is 5.59. The van der Waals surface area contributed by atoms with E-state index in [-0.39, 0.29) is 5.75 Å². The maximum absolute atomic E-state index is 10.4. The van der Waals surface area contributed by atoms with Crippen molar-refractivity contribution in [3.63, 3.8) is 0 Å². The Bertz CT molecular complexity index is 1380. The fourth-order valence-electron chi connectivity index (χ4n) is 8.95. The van der Waals surface area contributed by atoms with Gasteiger partial charge in [-0.25, -0.2) is 0 Å². The zero-order valence-electron chi connectivity index (χ0n) is 23.8. The number of benzene rings is 1. The van der Waals surface area contributed by atoms with E-state index < -0.39 is 0 Å². The molecule has 1 atom stereocenters. The third kappa shape index (κ3) is 4.18. The minimum Gasteiger partial charge on any atom is -0.507 e. The number of fused-ring (bicyclic) bond motifs is 3. The van der Waals surface area contributed by atoms with Gasteiger partial charge in [-0.05, 0) is 101 Å². The van der Waals surface area contributed by atoms with Crippen molar-refractivity contribution in [1.29, 1.82) is 0 Å². The van der Waals surface area contributed by atoms with Gasteiger partial charge in [0.25, 0.3) is 0 Å². The molecule has 212 valence electrons. The number of phenols is 1. The number of aromatic hydroxyl groups is 1. The first kappa shape index (κ1) is 25.2. The molecule has 3 saturated heterocycles. The SMILES string of the molecule is C[C@@H]1c2c([nH]c3nnc(-c4ccccc4O)cc23)CCN1C1CC2(C1)CN(C1CCN(C3CCNCC3)CC1)C2. The molecule has 4 aliphatic heterocycles. The minimum atomic E-state index is 0.247. The van der Waals surface area contributed by atoms with Gasteiger partial charge in [-0.3, -0.25) is 9.80 Å². The first-order valence-corrected chi connectivity index (χ1v) is 15.7. The van der Waals surface area contributed by atoms with Crippen LogP contribution in [0.15, 0.2) is 30.3 Å². The Kier molecular flexibility index (Phi) is 6.17. The average molecular weight is 542 g/mol. The van der Waals surface area contributed by atoms with Crippen LogP contribution >= 0.6 is 0 Å². The van der Waals surface area contributed by atoms with Crippen LogP contribution in [0.5, 0.6) is 5.75 Å². The Hall–Kier alpha value is -2.52. The molecule has 1 aromatic carbocycles. The van der Waals surface area contributed by atoms with Crippen molar-refractivity contribution in [2.45, 2.75) is 76.0 Å². The van der Waals surface area contributed by atoms with E-state index in [1.54, 1.807) is 6.07 Å². The van der Waals surface area contributed by atoms with Crippen molar-refractivity contribution in [1.82, 2.24) is 35.2 Å². The zero-order chi connectivity index (χ0) is 26.8. The minimum absolute atomic E-state index is 0.247. The molecule has 1 aliphatic carbocycles. The second-order valence-corrected chi connectivity index (χ2v) is 13.4. The maximum atomic E-state index is 10.4. The zero-order valence-corrected chi connectivity index (χ0v) is 23.8. The van der Waals surface area contributed by atoms with Crippen LogP contribution in [0.1, 0.15) is 62.7 Å². The summed E-state index contributed by atoms with van der Waals surface area (Å²) in [7, 11) is 0. The van der Waals surface area contributed by atoms with Gasteiger partial charge < -0.3 is 20.3 Å². The Balaban J connectivity index is 0.903. The summed E-state index contributed by atoms with van der Waals surface area (Å²) in [6.07, 6.45) is 9.12. The summed E-state index contributed by atoms with van der Waals surface area (Å²) in [5, 5.41) is 24.0. The Labute approximate surface area is 237 Å². The van der Waals surface area contributed by atoms with Gasteiger partial charge in [0.1, 0.15) is 5.75 Å². The molecule has 3 aromatic rings. The van der Waals surface area contributed by atoms with Gasteiger partial charge in [0, 0.05) is 66.9 Å². The van der Waals surface area contributed by atoms with Crippen molar-refractivity contribution in [3.8, 4) is 17.0 Å². The number of aromatic nitrogens is 3. The Morgan fingerprint density at radius 2 is 1.65 bits per heavy atom. The molecular weight excluding hydrogens is 498 g/mol. The van der Waals surface area contributed by atoms with Gasteiger partial charge in [0.05, 0.1) is 5.69 Å². The lowest BCUT2D eigenvalue weighted by molar-refractivity contribution is -0.138. The highest BCUT2D eigenvalue weighted by Crippen LogP contribution is 2.53. The summed E-state index contributed by atoms with van der Waals surface area (Å²) in [6.45, 7) is 11.1. The number of aromatic amines is 1. The van der Waals surface area contributed by atoms with Gasteiger partial charge in [0.15, 0.2) is 5.65 Å². The largest absolute Gasteiger partial charge is 0.507 e. The number of phenolic OH excluding ortho intramolecular Hbond substituents is 1. The highest BCUT2D eigenvalue weighted by molar-refractivity contribution is 5.86. The van der Waals surface area contributed by atoms with E-state index in [0.29, 0.717) is 17.5 Å². The monoisotopic (exact) mass is 541 g/mol. The molecule has 8 heteroatoms. The topological polar surface area (TPSA) is 83.5 Å². The van der Waals surface area contributed by atoms with Crippen LogP contribution in [-0.2, 0) is 6.42 Å². The number of rotatable bonds is 4. The second-order valence-electron chi connectivity index (χ2n) is 13.4. The van der Waals surface area contributed by atoms with Crippen LogP contribution in [0.2, 0.25) is 0 Å². The van der Waals surface area contributed by atoms with Gasteiger partial charge >= 0.3 is 0 Å². The number of H-pyrrole nitrogens is 1. The molecule has 5 aliphatic rings. The van der Waals surface area contributed by atoms with E-state index in [9.17, 15) is 5.11 Å². The van der Waals surface area contributed by atoms with Crippen LogP contribution in [0.25, 0.3) is 22.3 Å². The number of nitrogens with one attached hydrogen (secondary N) is 2. The lowest BCUT2D eigenvalue weighted by Crippen LogP contribution is -2.69. The molecule has 0 bridgehead atoms. The Morgan fingerprint density at radius 3 is 2.42 bits per heavy atom. The highest BCUT2D eigenvalue weighted by atomic mass is 16.3. The molecule has 6 heterocycles. The summed E-state index contributed by atoms with van der Waals surface area (Å²) in [4.78, 5) is 11.9. The van der Waals surface area contributed by atoms with E-state index in [1.807, 2.05) is 18.2 Å². The van der Waals surface area contributed by atoms with E-state index in [4.69, 9.17) is 0 Å². The normalized spacial score (nSPS) is 27.1. The molecule has 8 rings (SSSR count). The maximum Gasteiger partial charge on any atom is 0.160 e. The average Bonchev–Trinajstić information content (AvgIpc) is 3.32. The molecule has 8 nitrogen and oxygen atoms in total. The molecule has 40 heavy (non-hydrogen) atoms. The van der Waals surface area contributed by atoms with Crippen molar-refractivity contribution in [3.05, 3.63) is 41.6 Å². The molecule has 3 N–H and O–H groups in total. The smallest absolute Gasteiger partial charge is 0.160 e. The van der Waals surface area contributed by atoms with Crippen LogP contribution < -0.4 is 5.32 Å². The first-order valence-electron chi connectivity index (χ1n) is 15.7. The fourth-order valence-corrected chi connectivity index (χ4v) is 8.95. The van der Waals surface area contributed by atoms with Gasteiger partial charge in [-0.2, -0.15) is 0 Å². The summed E-state index contributed by atoms with van der Waals surface area (Å²) in [6, 6.07) is 12.2. The summed E-state index contributed by atoms with van der Waals surface area (Å²) >= 11 is 0. The number of likely N-dealkylation sites (tertiary alicyclic amines) is 2. The van der Waals surface area contributed by atoms with Gasteiger partial charge in [-0.15, -0.1) is 10.2 Å². The third-order valence-electron chi connectivity index (χ3n) is 11.1. The van der Waals surface area contributed by atoms with Crippen molar-refractivity contribution in [2.24, 2.45) is 5.41 Å². The van der Waals surface area contributed by atoms with E-state index >= 15 is 0 Å². The van der Waals surface area contributed by atoms with Gasteiger partial charge in [-0.1, -0.05) is 12.1 Å². The third-order valence-corrected chi connectivity index (χ3v) is 11.1. The quantitative estimate of drug-likeness (QED) is 0.462. The van der Waals surface area contributed by atoms with Crippen LogP contribution in [0.3, 0.4) is 0 Å². The number of piperidine rings is 2. The van der Waals surface area contributed by atoms with Gasteiger partial charge in [0.2, 0.25) is 0 Å². The molecular formula is C32H43N7O. The Morgan fingerprint density at radius 1 is 0.900 bits per heavy atom. The van der Waals surface area contributed by atoms with E-state index in [2.05, 4.69) is 48.2 Å². The van der Waals surface area contributed by atoms with Crippen LogP contribution in [0, 0.1) is 5.41 Å². The molecule has 1 spiro atoms. The van der Waals surface area contributed by atoms with Crippen LogP contribution in [0.4, 0.5) is 0 Å². The van der Waals surface area contributed by atoms with Crippen LogP contribution in [-0.4, -0.2) is 98.9 Å². The number of hydrogen-bond donors (Lipinski definition) is 3. The summed E-state index contributed by atoms with van der Waals surface area (Å²) < 4.78 is 0. The molecule has 0 unspecified atom stereocenters. The van der Waals surface area contributed by atoms with Crippen molar-refractivity contribution in [2.75, 3.05) is 45.8 Å². The van der Waals surface area contributed by atoms with E-state index in [0.717, 1.165) is 47.3 Å². The fraction of sp³-hybridized carbons (Fsp3) is 0.625. The number of nitrogens with zero attached hydrogens (tertiary/aromatic N) is 5. The second kappa shape index (κ2) is 9.79. The summed E-state index contributed by atoms with van der Waals surface area (Å²) in [5.74, 6) is 0.247. The lowest BCUT2D eigenvalue weighted by Gasteiger charge is -2.64. The highest BCUT2D eigenvalue weighted by Gasteiger charge is 2.55. The first-order chi connectivity index (χ1) is 19.6. The predicted octanol–water partition coefficient (Wildman–Crippen LogP) is 3.93. The molecule has 4 fully saturated rings. The molecule has 2 aromatic heterocycles. The van der Waals surface area contributed by atoms with Crippen molar-refractivity contribution < 1.29 is 5.11 Å². The molecule has 0 amide bonds. The van der Waals surface area contributed by atoms with Crippen molar-refractivity contribution >= 4 is 11.0 Å². The number of para-hydroxylation sites is 1. The predicted molar refractivity (Wildman–Crippen MR) is 157 cm³/mol. The number of hydrogen-bond acceptors (Lipinski definition) is 7. The lowest BCUT2D eigenvalue weighted by atomic mass is 9.59.